The van der Waals surface area contributed by atoms with Gasteiger partial charge in [0.1, 0.15) is 0 Å². The first kappa shape index (κ1) is 17.7. The first-order valence-electron chi connectivity index (χ1n) is 6.38. The number of carboxylic acid groups (broad SMARTS) is 1. The molecule has 0 aliphatic carbocycles. The highest BCUT2D eigenvalue weighted by molar-refractivity contribution is 5.75. The van der Waals surface area contributed by atoms with E-state index in [0.29, 0.717) is 13.2 Å². The largest absolute Gasteiger partial charge is 0.479 e. The first-order chi connectivity index (χ1) is 8.93. The number of rotatable bonds is 9. The lowest BCUT2D eigenvalue weighted by Crippen LogP contribution is -2.47. The molecule has 0 aromatic heterocycles. The summed E-state index contributed by atoms with van der Waals surface area (Å²) in [5.41, 5.74) is 0. The Morgan fingerprint density at radius 2 is 2.05 bits per heavy atom. The van der Waals surface area contributed by atoms with Crippen molar-refractivity contribution in [1.82, 2.24) is 10.2 Å². The summed E-state index contributed by atoms with van der Waals surface area (Å²) >= 11 is 0. The number of amides is 2. The first-order valence-corrected chi connectivity index (χ1v) is 6.38. The van der Waals surface area contributed by atoms with Gasteiger partial charge in [-0.15, -0.1) is 0 Å². The van der Waals surface area contributed by atoms with Gasteiger partial charge in [-0.3, -0.25) is 0 Å². The SMILES string of the molecule is CCC(C)N(CCOC)C(=O)NCC[C@H](O)C(=O)O. The van der Waals surface area contributed by atoms with Gasteiger partial charge >= 0.3 is 12.0 Å². The van der Waals surface area contributed by atoms with Gasteiger partial charge in [-0.25, -0.2) is 9.59 Å². The zero-order valence-corrected chi connectivity index (χ0v) is 11.8. The third-order valence-electron chi connectivity index (χ3n) is 2.90. The summed E-state index contributed by atoms with van der Waals surface area (Å²) in [4.78, 5) is 24.0. The molecule has 0 rings (SSSR count). The van der Waals surface area contributed by atoms with E-state index >= 15 is 0 Å². The van der Waals surface area contributed by atoms with Gasteiger partial charge in [0.25, 0.3) is 0 Å². The van der Waals surface area contributed by atoms with Gasteiger partial charge in [0.2, 0.25) is 0 Å². The molecule has 0 saturated carbocycles. The van der Waals surface area contributed by atoms with E-state index in [-0.39, 0.29) is 25.0 Å². The van der Waals surface area contributed by atoms with Crippen molar-refractivity contribution in [2.24, 2.45) is 0 Å². The fourth-order valence-corrected chi connectivity index (χ4v) is 1.47. The molecule has 0 spiro atoms. The molecule has 1 unspecified atom stereocenters. The molecule has 7 heteroatoms. The zero-order chi connectivity index (χ0) is 14.8. The molecule has 0 radical (unpaired) electrons. The van der Waals surface area contributed by atoms with Gasteiger partial charge < -0.3 is 25.2 Å². The summed E-state index contributed by atoms with van der Waals surface area (Å²) in [6.07, 6.45) is -0.648. The maximum Gasteiger partial charge on any atom is 0.332 e. The highest BCUT2D eigenvalue weighted by atomic mass is 16.5. The average Bonchev–Trinajstić information content (AvgIpc) is 2.38. The minimum Gasteiger partial charge on any atom is -0.479 e. The average molecular weight is 276 g/mol. The standard InChI is InChI=1S/C12H24N2O5/c1-4-9(2)14(7-8-19-3)12(18)13-6-5-10(15)11(16)17/h9-10,15H,4-8H2,1-3H3,(H,13,18)(H,16,17)/t9?,10-/m0/s1. The smallest absolute Gasteiger partial charge is 0.332 e. The predicted molar refractivity (Wildman–Crippen MR) is 70.0 cm³/mol. The molecule has 0 aliphatic rings. The topological polar surface area (TPSA) is 99.1 Å². The lowest BCUT2D eigenvalue weighted by atomic mass is 10.2. The van der Waals surface area contributed by atoms with Gasteiger partial charge in [-0.1, -0.05) is 6.92 Å². The van der Waals surface area contributed by atoms with Crippen LogP contribution in [0.2, 0.25) is 0 Å². The number of carboxylic acids is 1. The molecule has 0 aromatic carbocycles. The van der Waals surface area contributed by atoms with Gasteiger partial charge in [-0.2, -0.15) is 0 Å². The molecule has 0 bridgehead atoms. The summed E-state index contributed by atoms with van der Waals surface area (Å²) in [6.45, 7) is 4.94. The Hall–Kier alpha value is -1.34. The molecule has 0 saturated heterocycles. The molecule has 2 atom stereocenters. The third-order valence-corrected chi connectivity index (χ3v) is 2.90. The minimum absolute atomic E-state index is 0.0142. The molecular weight excluding hydrogens is 252 g/mol. The zero-order valence-electron chi connectivity index (χ0n) is 11.8. The number of carbonyl (C=O) groups excluding carboxylic acids is 1. The molecule has 0 aromatic rings. The Bertz CT molecular complexity index is 285. The van der Waals surface area contributed by atoms with Crippen LogP contribution < -0.4 is 5.32 Å². The number of nitrogens with one attached hydrogen (secondary N) is 1. The van der Waals surface area contributed by atoms with Crippen molar-refractivity contribution >= 4 is 12.0 Å². The monoisotopic (exact) mass is 276 g/mol. The number of aliphatic hydroxyl groups excluding tert-OH is 1. The maximum atomic E-state index is 11.9. The van der Waals surface area contributed by atoms with Crippen LogP contribution in [0, 0.1) is 0 Å². The normalized spacial score (nSPS) is 13.7. The fourth-order valence-electron chi connectivity index (χ4n) is 1.47. The van der Waals surface area contributed by atoms with Crippen LogP contribution in [-0.4, -0.2) is 66.1 Å². The number of carbonyl (C=O) groups is 2. The Labute approximate surface area is 113 Å². The van der Waals surface area contributed by atoms with E-state index in [2.05, 4.69) is 5.32 Å². The highest BCUT2D eigenvalue weighted by Crippen LogP contribution is 2.04. The lowest BCUT2D eigenvalue weighted by Gasteiger charge is -2.28. The maximum absolute atomic E-state index is 11.9. The van der Waals surface area contributed by atoms with Crippen molar-refractivity contribution in [3.05, 3.63) is 0 Å². The quantitative estimate of drug-likeness (QED) is 0.561. The number of nitrogens with zero attached hydrogens (tertiary/aromatic N) is 1. The molecule has 19 heavy (non-hydrogen) atoms. The van der Waals surface area contributed by atoms with Crippen LogP contribution in [0.25, 0.3) is 0 Å². The molecule has 3 N–H and O–H groups in total. The summed E-state index contributed by atoms with van der Waals surface area (Å²) < 4.78 is 4.95. The van der Waals surface area contributed by atoms with E-state index in [1.807, 2.05) is 13.8 Å². The number of aliphatic carboxylic acids is 1. The van der Waals surface area contributed by atoms with Crippen LogP contribution in [-0.2, 0) is 9.53 Å². The van der Waals surface area contributed by atoms with Crippen LogP contribution in [0.3, 0.4) is 0 Å². The van der Waals surface area contributed by atoms with Crippen LogP contribution >= 0.6 is 0 Å². The van der Waals surface area contributed by atoms with Gasteiger partial charge in [0.05, 0.1) is 6.61 Å². The molecule has 7 nitrogen and oxygen atoms in total. The lowest BCUT2D eigenvalue weighted by molar-refractivity contribution is -0.146. The van der Waals surface area contributed by atoms with Gasteiger partial charge in [0, 0.05) is 32.7 Å². The van der Waals surface area contributed by atoms with Crippen molar-refractivity contribution in [3.8, 4) is 0 Å². The molecule has 0 fully saturated rings. The second kappa shape index (κ2) is 9.57. The van der Waals surface area contributed by atoms with E-state index in [1.54, 1.807) is 12.0 Å². The summed E-state index contributed by atoms with van der Waals surface area (Å²) in [6, 6.07) is -0.205. The summed E-state index contributed by atoms with van der Waals surface area (Å²) in [5, 5.41) is 20.2. The fraction of sp³-hybridized carbons (Fsp3) is 0.833. The minimum atomic E-state index is -1.45. The summed E-state index contributed by atoms with van der Waals surface area (Å²) in [7, 11) is 1.57. The second-order valence-corrected chi connectivity index (χ2v) is 4.32. The van der Waals surface area contributed by atoms with Crippen LogP contribution in [0.1, 0.15) is 26.7 Å². The van der Waals surface area contributed by atoms with E-state index in [1.165, 1.54) is 0 Å². The Morgan fingerprint density at radius 3 is 2.53 bits per heavy atom. The van der Waals surface area contributed by atoms with E-state index in [0.717, 1.165) is 6.42 Å². The predicted octanol–water partition coefficient (Wildman–Crippen LogP) is 0.279. The van der Waals surface area contributed by atoms with Crippen LogP contribution in [0.5, 0.6) is 0 Å². The van der Waals surface area contributed by atoms with Gasteiger partial charge in [-0.05, 0) is 13.3 Å². The highest BCUT2D eigenvalue weighted by Gasteiger charge is 2.19. The molecule has 112 valence electrons. The molecular formula is C12H24N2O5. The van der Waals surface area contributed by atoms with Crippen LogP contribution in [0.15, 0.2) is 0 Å². The van der Waals surface area contributed by atoms with E-state index < -0.39 is 12.1 Å². The van der Waals surface area contributed by atoms with Gasteiger partial charge in [0.15, 0.2) is 6.10 Å². The second-order valence-electron chi connectivity index (χ2n) is 4.32. The number of methoxy groups -OCH3 is 1. The molecule has 0 aliphatic heterocycles. The summed E-state index contributed by atoms with van der Waals surface area (Å²) in [5.74, 6) is -1.28. The Balaban J connectivity index is 4.20. The van der Waals surface area contributed by atoms with E-state index in [9.17, 15) is 9.59 Å². The van der Waals surface area contributed by atoms with Crippen molar-refractivity contribution in [2.75, 3.05) is 26.8 Å². The number of hydrogen-bond acceptors (Lipinski definition) is 4. The van der Waals surface area contributed by atoms with Crippen molar-refractivity contribution in [3.63, 3.8) is 0 Å². The number of urea groups is 1. The molecule has 2 amide bonds. The number of aliphatic hydroxyl groups is 1. The number of ether oxygens (including phenoxy) is 1. The van der Waals surface area contributed by atoms with Crippen LogP contribution in [0.4, 0.5) is 4.79 Å². The Kier molecular flexibility index (Phi) is 8.90. The third kappa shape index (κ3) is 6.97. The van der Waals surface area contributed by atoms with Crippen molar-refractivity contribution in [1.29, 1.82) is 0 Å². The van der Waals surface area contributed by atoms with E-state index in [4.69, 9.17) is 14.9 Å². The Morgan fingerprint density at radius 1 is 1.42 bits per heavy atom. The molecule has 0 heterocycles. The van der Waals surface area contributed by atoms with Crippen molar-refractivity contribution < 1.29 is 24.5 Å². The number of hydrogen-bond donors (Lipinski definition) is 3. The van der Waals surface area contributed by atoms with Crippen molar-refractivity contribution in [2.45, 2.75) is 38.8 Å².